The van der Waals surface area contributed by atoms with Gasteiger partial charge in [0.15, 0.2) is 5.69 Å². The van der Waals surface area contributed by atoms with Gasteiger partial charge in [-0.05, 0) is 58.3 Å². The fourth-order valence-corrected chi connectivity index (χ4v) is 4.70. The van der Waals surface area contributed by atoms with Crippen molar-refractivity contribution in [2.24, 2.45) is 0 Å². The number of nitrogens with zero attached hydrogens (tertiary/aromatic N) is 4. The third-order valence-corrected chi connectivity index (χ3v) is 7.18. The molecule has 0 bridgehead atoms. The molecule has 188 valence electrons. The van der Waals surface area contributed by atoms with Crippen LogP contribution in [0.4, 0.5) is 0 Å². The molecule has 0 unspecified atom stereocenters. The number of aromatic nitrogens is 2. The molecule has 3 amide bonds. The van der Waals surface area contributed by atoms with Gasteiger partial charge in [0.2, 0.25) is 5.91 Å². The lowest BCUT2D eigenvalue weighted by atomic mass is 9.95. The van der Waals surface area contributed by atoms with Crippen molar-refractivity contribution < 1.29 is 14.4 Å². The summed E-state index contributed by atoms with van der Waals surface area (Å²) in [5.41, 5.74) is 1.52. The second kappa shape index (κ2) is 10.6. The number of likely N-dealkylation sites (N-methyl/N-ethyl adjacent to an activating group) is 1. The van der Waals surface area contributed by atoms with Crippen molar-refractivity contribution in [3.63, 3.8) is 0 Å². The quantitative estimate of drug-likeness (QED) is 0.563. The van der Waals surface area contributed by atoms with E-state index in [0.29, 0.717) is 18.8 Å². The number of nitrogens with one attached hydrogen (secondary N) is 2. The maximum absolute atomic E-state index is 13.1. The normalized spacial score (nSPS) is 20.4. The number of aryl methyl sites for hydroxylation is 1. The number of rotatable bonds is 8. The molecule has 9 nitrogen and oxygen atoms in total. The highest BCUT2D eigenvalue weighted by molar-refractivity contribution is 6.01. The van der Waals surface area contributed by atoms with Gasteiger partial charge in [0, 0.05) is 26.2 Å². The number of piperidine rings is 1. The van der Waals surface area contributed by atoms with E-state index in [1.807, 2.05) is 31.2 Å². The largest absolute Gasteiger partial charge is 0.351 e. The number of hydrogen-bond donors (Lipinski definition) is 2. The van der Waals surface area contributed by atoms with Gasteiger partial charge in [-0.1, -0.05) is 36.2 Å². The van der Waals surface area contributed by atoms with Crippen LogP contribution < -0.4 is 10.6 Å². The summed E-state index contributed by atoms with van der Waals surface area (Å²) in [7, 11) is 1.62. The monoisotopic (exact) mass is 480 g/mol. The van der Waals surface area contributed by atoms with Gasteiger partial charge in [-0.15, -0.1) is 0 Å². The number of amides is 3. The van der Waals surface area contributed by atoms with E-state index in [1.54, 1.807) is 14.0 Å². The maximum atomic E-state index is 13.1. The number of likely N-dealkylation sites (tertiary alicyclic amines) is 1. The molecule has 1 atom stereocenters. The molecular formula is C26H36N6O3. The Morgan fingerprint density at radius 2 is 1.80 bits per heavy atom. The zero-order valence-electron chi connectivity index (χ0n) is 21.0. The Labute approximate surface area is 206 Å². The number of hydrogen-bond acceptors (Lipinski definition) is 5. The maximum Gasteiger partial charge on any atom is 0.272 e. The lowest BCUT2D eigenvalue weighted by molar-refractivity contribution is -0.132. The smallest absolute Gasteiger partial charge is 0.272 e. The SMILES string of the molecule is Cc1ccc(CNC(=O)[C@]2(C)Cn3nc(C(=O)NCCCN4CCCCC4)cc3C(=O)N2C)cc1. The summed E-state index contributed by atoms with van der Waals surface area (Å²) in [6.45, 7) is 8.08. The van der Waals surface area contributed by atoms with E-state index >= 15 is 0 Å². The Hall–Kier alpha value is -3.20. The van der Waals surface area contributed by atoms with Gasteiger partial charge in [-0.2, -0.15) is 5.10 Å². The minimum absolute atomic E-state index is 0.173. The van der Waals surface area contributed by atoms with Crippen LogP contribution >= 0.6 is 0 Å². The Balaban J connectivity index is 1.36. The summed E-state index contributed by atoms with van der Waals surface area (Å²) < 4.78 is 1.48. The second-order valence-corrected chi connectivity index (χ2v) is 9.89. The van der Waals surface area contributed by atoms with Gasteiger partial charge >= 0.3 is 0 Å². The molecule has 1 fully saturated rings. The molecule has 3 heterocycles. The molecule has 0 radical (unpaired) electrons. The minimum Gasteiger partial charge on any atom is -0.351 e. The van der Waals surface area contributed by atoms with Crippen LogP contribution in [0.25, 0.3) is 0 Å². The van der Waals surface area contributed by atoms with Crippen LogP contribution in [0.2, 0.25) is 0 Å². The van der Waals surface area contributed by atoms with E-state index in [2.05, 4.69) is 20.6 Å². The van der Waals surface area contributed by atoms with Crippen LogP contribution in [0.1, 0.15) is 64.7 Å². The van der Waals surface area contributed by atoms with Gasteiger partial charge in [-0.3, -0.25) is 19.1 Å². The lowest BCUT2D eigenvalue weighted by Crippen LogP contribution is -2.62. The molecule has 1 aromatic carbocycles. The van der Waals surface area contributed by atoms with Crippen molar-refractivity contribution in [3.8, 4) is 0 Å². The predicted octanol–water partition coefficient (Wildman–Crippen LogP) is 1.96. The van der Waals surface area contributed by atoms with Crippen molar-refractivity contribution >= 4 is 17.7 Å². The summed E-state index contributed by atoms with van der Waals surface area (Å²) in [5, 5.41) is 10.2. The Bertz CT molecular complexity index is 1070. The summed E-state index contributed by atoms with van der Waals surface area (Å²) >= 11 is 0. The number of carbonyl (C=O) groups is 3. The molecule has 9 heteroatoms. The predicted molar refractivity (Wildman–Crippen MR) is 133 cm³/mol. The van der Waals surface area contributed by atoms with Crippen molar-refractivity contribution in [1.29, 1.82) is 0 Å². The molecule has 35 heavy (non-hydrogen) atoms. The van der Waals surface area contributed by atoms with Crippen LogP contribution in [0.5, 0.6) is 0 Å². The van der Waals surface area contributed by atoms with E-state index in [0.717, 1.165) is 37.2 Å². The van der Waals surface area contributed by atoms with E-state index in [9.17, 15) is 14.4 Å². The molecule has 0 saturated carbocycles. The highest BCUT2D eigenvalue weighted by Crippen LogP contribution is 2.26. The van der Waals surface area contributed by atoms with Gasteiger partial charge in [0.1, 0.15) is 11.2 Å². The summed E-state index contributed by atoms with van der Waals surface area (Å²) in [6.07, 6.45) is 4.68. The van der Waals surface area contributed by atoms with Crippen LogP contribution in [0.15, 0.2) is 30.3 Å². The first-order valence-corrected chi connectivity index (χ1v) is 12.5. The summed E-state index contributed by atoms with van der Waals surface area (Å²) in [6, 6.07) is 9.45. The molecule has 2 aliphatic rings. The molecule has 1 aromatic heterocycles. The summed E-state index contributed by atoms with van der Waals surface area (Å²) in [5.74, 6) is -0.897. The minimum atomic E-state index is -1.12. The standard InChI is InChI=1S/C26H36N6O3/c1-19-8-10-20(11-9-19)17-28-25(35)26(2)18-32-22(24(34)30(26)3)16-21(29-32)23(33)27-12-7-15-31-13-5-4-6-14-31/h8-11,16H,4-7,12-15,17-18H2,1-3H3,(H,27,33)(H,28,35)/t26-/m0/s1. The highest BCUT2D eigenvalue weighted by Gasteiger charge is 2.46. The van der Waals surface area contributed by atoms with Crippen molar-refractivity contribution in [2.75, 3.05) is 33.2 Å². The Morgan fingerprint density at radius 3 is 2.51 bits per heavy atom. The zero-order valence-corrected chi connectivity index (χ0v) is 21.0. The first-order chi connectivity index (χ1) is 16.8. The van der Waals surface area contributed by atoms with Crippen molar-refractivity contribution in [1.82, 2.24) is 30.2 Å². The van der Waals surface area contributed by atoms with Gasteiger partial charge in [-0.25, -0.2) is 0 Å². The molecule has 2 aromatic rings. The fourth-order valence-electron chi connectivity index (χ4n) is 4.70. The number of carbonyl (C=O) groups excluding carboxylic acids is 3. The molecule has 4 rings (SSSR count). The molecule has 2 N–H and O–H groups in total. The molecular weight excluding hydrogens is 444 g/mol. The van der Waals surface area contributed by atoms with E-state index in [4.69, 9.17) is 0 Å². The van der Waals surface area contributed by atoms with E-state index < -0.39 is 5.54 Å². The molecule has 0 spiro atoms. The highest BCUT2D eigenvalue weighted by atomic mass is 16.2. The first-order valence-electron chi connectivity index (χ1n) is 12.5. The lowest BCUT2D eigenvalue weighted by Gasteiger charge is -2.40. The Kier molecular flexibility index (Phi) is 7.54. The van der Waals surface area contributed by atoms with Crippen LogP contribution in [0.3, 0.4) is 0 Å². The van der Waals surface area contributed by atoms with Gasteiger partial charge < -0.3 is 20.4 Å². The van der Waals surface area contributed by atoms with Crippen LogP contribution in [-0.2, 0) is 17.9 Å². The van der Waals surface area contributed by atoms with Crippen molar-refractivity contribution in [2.45, 2.75) is 58.2 Å². The zero-order chi connectivity index (χ0) is 25.0. The first kappa shape index (κ1) is 24.9. The second-order valence-electron chi connectivity index (χ2n) is 9.89. The number of benzene rings is 1. The topological polar surface area (TPSA) is 99.6 Å². The van der Waals surface area contributed by atoms with E-state index in [1.165, 1.54) is 34.9 Å². The Morgan fingerprint density at radius 1 is 1.09 bits per heavy atom. The third kappa shape index (κ3) is 5.56. The fraction of sp³-hybridized carbons (Fsp3) is 0.538. The molecule has 0 aliphatic carbocycles. The average Bonchev–Trinajstić information content (AvgIpc) is 3.29. The molecule has 1 saturated heterocycles. The third-order valence-electron chi connectivity index (χ3n) is 7.18. The van der Waals surface area contributed by atoms with E-state index in [-0.39, 0.29) is 30.0 Å². The van der Waals surface area contributed by atoms with Crippen LogP contribution in [0, 0.1) is 6.92 Å². The number of fused-ring (bicyclic) bond motifs is 1. The van der Waals surface area contributed by atoms with Crippen molar-refractivity contribution in [3.05, 3.63) is 52.8 Å². The average molecular weight is 481 g/mol. The van der Waals surface area contributed by atoms with Gasteiger partial charge in [0.05, 0.1) is 6.54 Å². The van der Waals surface area contributed by atoms with Crippen LogP contribution in [-0.4, -0.2) is 76.1 Å². The van der Waals surface area contributed by atoms with Gasteiger partial charge in [0.25, 0.3) is 11.8 Å². The molecule has 2 aliphatic heterocycles. The summed E-state index contributed by atoms with van der Waals surface area (Å²) in [4.78, 5) is 42.8.